The molecule has 31 heavy (non-hydrogen) atoms. The summed E-state index contributed by atoms with van der Waals surface area (Å²) in [5.74, 6) is 1.48. The topological polar surface area (TPSA) is 69.2 Å². The third-order valence-electron chi connectivity index (χ3n) is 4.27. The van der Waals surface area contributed by atoms with E-state index >= 15 is 0 Å². The highest BCUT2D eigenvalue weighted by Gasteiger charge is 2.12. The third-order valence-corrected chi connectivity index (χ3v) is 4.86. The lowest BCUT2D eigenvalue weighted by Crippen LogP contribution is -2.17. The van der Waals surface area contributed by atoms with Crippen molar-refractivity contribution in [1.29, 1.82) is 0 Å². The predicted molar refractivity (Wildman–Crippen MR) is 124 cm³/mol. The lowest BCUT2D eigenvalue weighted by molar-refractivity contribution is 0.0955. The van der Waals surface area contributed by atoms with Crippen LogP contribution in [0.25, 0.3) is 0 Å². The first-order valence-corrected chi connectivity index (χ1v) is 10.5. The minimum atomic E-state index is -0.331. The molecule has 1 N–H and O–H groups in total. The number of benzene rings is 3. The number of hydrogen-bond acceptors (Lipinski definition) is 5. The van der Waals surface area contributed by atoms with Gasteiger partial charge in [0.05, 0.1) is 24.4 Å². The summed E-state index contributed by atoms with van der Waals surface area (Å²) in [6.07, 6.45) is 1.55. The molecule has 0 radical (unpaired) electrons. The number of hydrazone groups is 1. The second-order valence-corrected chi connectivity index (χ2v) is 7.32. The first-order chi connectivity index (χ1) is 15.1. The fourth-order valence-electron chi connectivity index (χ4n) is 2.79. The number of halogens is 1. The predicted octanol–water partition coefficient (Wildman–Crippen LogP) is 5.20. The molecular weight excluding hydrogens is 460 g/mol. The molecule has 3 aromatic carbocycles. The molecule has 0 saturated heterocycles. The van der Waals surface area contributed by atoms with Crippen molar-refractivity contribution in [1.82, 2.24) is 5.43 Å². The van der Waals surface area contributed by atoms with Gasteiger partial charge in [-0.2, -0.15) is 5.10 Å². The molecule has 7 heteroatoms. The van der Waals surface area contributed by atoms with E-state index in [9.17, 15) is 4.79 Å². The van der Waals surface area contributed by atoms with Crippen LogP contribution < -0.4 is 19.6 Å². The first-order valence-electron chi connectivity index (χ1n) is 9.71. The van der Waals surface area contributed by atoms with Crippen LogP contribution in [0.4, 0.5) is 0 Å². The highest BCUT2D eigenvalue weighted by atomic mass is 79.9. The van der Waals surface area contributed by atoms with Crippen LogP contribution in [-0.2, 0) is 6.61 Å². The van der Waals surface area contributed by atoms with Gasteiger partial charge >= 0.3 is 0 Å². The lowest BCUT2D eigenvalue weighted by atomic mass is 10.2. The van der Waals surface area contributed by atoms with Gasteiger partial charge in [-0.1, -0.05) is 36.4 Å². The summed E-state index contributed by atoms with van der Waals surface area (Å²) in [4.78, 5) is 12.3. The molecule has 0 unspecified atom stereocenters. The first kappa shape index (κ1) is 22.4. The van der Waals surface area contributed by atoms with Gasteiger partial charge in [-0.05, 0) is 64.3 Å². The van der Waals surface area contributed by atoms with Gasteiger partial charge in [-0.3, -0.25) is 4.79 Å². The molecule has 160 valence electrons. The quantitative estimate of drug-likeness (QED) is 0.336. The van der Waals surface area contributed by atoms with Crippen LogP contribution in [0, 0.1) is 0 Å². The maximum absolute atomic E-state index is 12.3. The zero-order valence-electron chi connectivity index (χ0n) is 17.3. The fraction of sp³-hybridized carbons (Fsp3) is 0.167. The molecule has 0 heterocycles. The maximum atomic E-state index is 12.3. The second-order valence-electron chi connectivity index (χ2n) is 6.47. The van der Waals surface area contributed by atoms with Gasteiger partial charge in [0.1, 0.15) is 12.4 Å². The third kappa shape index (κ3) is 6.33. The molecule has 0 aliphatic rings. The van der Waals surface area contributed by atoms with E-state index in [-0.39, 0.29) is 5.91 Å². The van der Waals surface area contributed by atoms with E-state index < -0.39 is 0 Å². The summed E-state index contributed by atoms with van der Waals surface area (Å²) >= 11 is 3.55. The van der Waals surface area contributed by atoms with E-state index in [4.69, 9.17) is 14.2 Å². The van der Waals surface area contributed by atoms with E-state index in [1.165, 1.54) is 0 Å². The molecule has 0 aliphatic carbocycles. The molecule has 0 bridgehead atoms. The summed E-state index contributed by atoms with van der Waals surface area (Å²) in [5.41, 5.74) is 4.78. The number of nitrogens with zero attached hydrogens (tertiary/aromatic N) is 1. The highest BCUT2D eigenvalue weighted by Crippen LogP contribution is 2.37. The summed E-state index contributed by atoms with van der Waals surface area (Å²) in [6.45, 7) is 2.81. The number of carbonyl (C=O) groups excluding carboxylic acids is 1. The summed E-state index contributed by atoms with van der Waals surface area (Å²) in [7, 11) is 1.55. The molecule has 6 nitrogen and oxygen atoms in total. The molecule has 0 saturated carbocycles. The number of nitrogens with one attached hydrogen (secondary N) is 1. The SMILES string of the molecule is CCOc1cc(/C=N/NC(=O)c2cccc(OC)c2)cc(Br)c1OCc1ccccc1. The van der Waals surface area contributed by atoms with Gasteiger partial charge in [0.25, 0.3) is 5.91 Å². The molecule has 0 spiro atoms. The normalized spacial score (nSPS) is 10.7. The van der Waals surface area contributed by atoms with Crippen LogP contribution in [0.2, 0.25) is 0 Å². The van der Waals surface area contributed by atoms with Crippen molar-refractivity contribution in [3.05, 3.63) is 87.9 Å². The smallest absolute Gasteiger partial charge is 0.271 e. The van der Waals surface area contributed by atoms with Crippen molar-refractivity contribution in [2.75, 3.05) is 13.7 Å². The Morgan fingerprint density at radius 2 is 1.87 bits per heavy atom. The number of amides is 1. The second kappa shape index (κ2) is 11.2. The lowest BCUT2D eigenvalue weighted by Gasteiger charge is -2.14. The van der Waals surface area contributed by atoms with E-state index in [1.54, 1.807) is 37.6 Å². The van der Waals surface area contributed by atoms with Gasteiger partial charge in [-0.25, -0.2) is 5.43 Å². The van der Waals surface area contributed by atoms with Crippen LogP contribution in [-0.4, -0.2) is 25.8 Å². The standard InChI is InChI=1S/C24H23BrN2O4/c1-3-30-22-13-18(12-21(25)23(22)31-16-17-8-5-4-6-9-17)15-26-27-24(28)19-10-7-11-20(14-19)29-2/h4-15H,3,16H2,1-2H3,(H,27,28)/b26-15+. The number of rotatable bonds is 9. The zero-order valence-corrected chi connectivity index (χ0v) is 18.9. The number of methoxy groups -OCH3 is 1. The maximum Gasteiger partial charge on any atom is 0.271 e. The Hall–Kier alpha value is -3.32. The van der Waals surface area contributed by atoms with Crippen molar-refractivity contribution < 1.29 is 19.0 Å². The van der Waals surface area contributed by atoms with Crippen LogP contribution in [0.3, 0.4) is 0 Å². The van der Waals surface area contributed by atoms with E-state index in [0.29, 0.717) is 36.0 Å². The molecular formula is C24H23BrN2O4. The minimum Gasteiger partial charge on any atom is -0.497 e. The van der Waals surface area contributed by atoms with E-state index in [0.717, 1.165) is 15.6 Å². The van der Waals surface area contributed by atoms with Gasteiger partial charge < -0.3 is 14.2 Å². The molecule has 3 rings (SSSR count). The minimum absolute atomic E-state index is 0.331. The Labute approximate surface area is 190 Å². The van der Waals surface area contributed by atoms with Gasteiger partial charge in [0.2, 0.25) is 0 Å². The van der Waals surface area contributed by atoms with Gasteiger partial charge in [0.15, 0.2) is 11.5 Å². The van der Waals surface area contributed by atoms with Crippen LogP contribution in [0.15, 0.2) is 76.3 Å². The number of carbonyl (C=O) groups is 1. The Morgan fingerprint density at radius 3 is 2.61 bits per heavy atom. The van der Waals surface area contributed by atoms with Gasteiger partial charge in [-0.15, -0.1) is 0 Å². The van der Waals surface area contributed by atoms with Gasteiger partial charge in [0, 0.05) is 5.56 Å². The molecule has 0 aromatic heterocycles. The van der Waals surface area contributed by atoms with Crippen molar-refractivity contribution in [2.24, 2.45) is 5.10 Å². The molecule has 0 aliphatic heterocycles. The zero-order chi connectivity index (χ0) is 22.1. The van der Waals surface area contributed by atoms with Crippen molar-refractivity contribution >= 4 is 28.1 Å². The monoisotopic (exact) mass is 482 g/mol. The average Bonchev–Trinajstić information content (AvgIpc) is 2.79. The van der Waals surface area contributed by atoms with Crippen LogP contribution in [0.1, 0.15) is 28.4 Å². The van der Waals surface area contributed by atoms with Crippen molar-refractivity contribution in [3.8, 4) is 17.2 Å². The number of hydrogen-bond donors (Lipinski definition) is 1. The summed E-state index contributed by atoms with van der Waals surface area (Å²) in [6, 6.07) is 20.4. The van der Waals surface area contributed by atoms with Crippen molar-refractivity contribution in [3.63, 3.8) is 0 Å². The molecule has 0 fully saturated rings. The van der Waals surface area contributed by atoms with Crippen molar-refractivity contribution in [2.45, 2.75) is 13.5 Å². The summed E-state index contributed by atoms with van der Waals surface area (Å²) < 4.78 is 17.6. The highest BCUT2D eigenvalue weighted by molar-refractivity contribution is 9.10. The Morgan fingerprint density at radius 1 is 1.06 bits per heavy atom. The fourth-order valence-corrected chi connectivity index (χ4v) is 3.36. The Kier molecular flexibility index (Phi) is 8.06. The Balaban J connectivity index is 1.71. The van der Waals surface area contributed by atoms with Crippen LogP contribution in [0.5, 0.6) is 17.2 Å². The molecule has 0 atom stereocenters. The summed E-state index contributed by atoms with van der Waals surface area (Å²) in [5, 5.41) is 4.06. The van der Waals surface area contributed by atoms with E-state index in [1.807, 2.05) is 49.4 Å². The molecule has 1 amide bonds. The van der Waals surface area contributed by atoms with E-state index in [2.05, 4.69) is 26.5 Å². The average molecular weight is 483 g/mol. The Bertz CT molecular complexity index is 1050. The molecule has 3 aromatic rings. The number of ether oxygens (including phenoxy) is 3. The van der Waals surface area contributed by atoms with Crippen LogP contribution >= 0.6 is 15.9 Å². The largest absolute Gasteiger partial charge is 0.497 e.